The van der Waals surface area contributed by atoms with Crippen LogP contribution in [0.25, 0.3) is 21.3 Å². The van der Waals surface area contributed by atoms with E-state index in [2.05, 4.69) is 51.4 Å². The number of fused-ring (bicyclic) bond motifs is 1. The van der Waals surface area contributed by atoms with Crippen LogP contribution in [0.5, 0.6) is 0 Å². The number of halogens is 1. The lowest BCUT2D eigenvalue weighted by Gasteiger charge is -2.28. The van der Waals surface area contributed by atoms with Crippen LogP contribution in [0, 0.1) is 0 Å². The number of rotatable bonds is 3. The standard InChI is InChI=1S/C18H18ClN3OS/c1-2-12-3-5-13(6-4-12)14-11-24-17-15(14)16(20-18(19)21-17)22-7-9-23-10-8-22/h3-6,11H,2,7-10H2,1H3. The fourth-order valence-electron chi connectivity index (χ4n) is 3.03. The quantitative estimate of drug-likeness (QED) is 0.649. The van der Waals surface area contributed by atoms with E-state index in [-0.39, 0.29) is 0 Å². The van der Waals surface area contributed by atoms with Gasteiger partial charge in [0.05, 0.1) is 18.6 Å². The summed E-state index contributed by atoms with van der Waals surface area (Å²) in [5.41, 5.74) is 3.71. The number of anilines is 1. The Labute approximate surface area is 150 Å². The second-order valence-corrected chi connectivity index (χ2v) is 6.99. The minimum absolute atomic E-state index is 0.304. The van der Waals surface area contributed by atoms with Crippen molar-refractivity contribution in [3.8, 4) is 11.1 Å². The maximum atomic E-state index is 6.16. The summed E-state index contributed by atoms with van der Waals surface area (Å²) in [6.45, 7) is 5.25. The van der Waals surface area contributed by atoms with Gasteiger partial charge in [-0.2, -0.15) is 4.98 Å². The molecule has 24 heavy (non-hydrogen) atoms. The maximum absolute atomic E-state index is 6.16. The fraction of sp³-hybridized carbons (Fsp3) is 0.333. The van der Waals surface area contributed by atoms with E-state index in [4.69, 9.17) is 16.3 Å². The molecule has 3 aromatic rings. The van der Waals surface area contributed by atoms with Crippen LogP contribution in [-0.2, 0) is 11.2 Å². The van der Waals surface area contributed by atoms with E-state index in [1.807, 2.05) is 0 Å². The van der Waals surface area contributed by atoms with Crippen molar-refractivity contribution in [2.75, 3.05) is 31.2 Å². The monoisotopic (exact) mass is 359 g/mol. The number of thiophene rings is 1. The summed E-state index contributed by atoms with van der Waals surface area (Å²) in [4.78, 5) is 12.2. The van der Waals surface area contributed by atoms with E-state index in [9.17, 15) is 0 Å². The molecule has 4 rings (SSSR count). The predicted octanol–water partition coefficient (Wildman–Crippen LogP) is 4.41. The molecule has 6 heteroatoms. The largest absolute Gasteiger partial charge is 0.378 e. The van der Waals surface area contributed by atoms with Gasteiger partial charge in [-0.15, -0.1) is 11.3 Å². The van der Waals surface area contributed by atoms with Crippen LogP contribution in [0.4, 0.5) is 5.82 Å². The summed E-state index contributed by atoms with van der Waals surface area (Å²) in [5, 5.41) is 3.55. The lowest BCUT2D eigenvalue weighted by molar-refractivity contribution is 0.122. The summed E-state index contributed by atoms with van der Waals surface area (Å²) in [6, 6.07) is 8.73. The molecule has 4 nitrogen and oxygen atoms in total. The van der Waals surface area contributed by atoms with Crippen molar-refractivity contribution in [1.82, 2.24) is 9.97 Å². The molecule has 0 radical (unpaired) electrons. The molecule has 1 aromatic carbocycles. The number of hydrogen-bond donors (Lipinski definition) is 0. The number of benzene rings is 1. The number of nitrogens with zero attached hydrogens (tertiary/aromatic N) is 3. The van der Waals surface area contributed by atoms with Gasteiger partial charge < -0.3 is 9.64 Å². The fourth-order valence-corrected chi connectivity index (χ4v) is 4.19. The van der Waals surface area contributed by atoms with E-state index >= 15 is 0 Å². The average Bonchev–Trinajstić information content (AvgIpc) is 3.05. The maximum Gasteiger partial charge on any atom is 0.225 e. The Morgan fingerprint density at radius 2 is 1.92 bits per heavy atom. The topological polar surface area (TPSA) is 38.2 Å². The highest BCUT2D eigenvalue weighted by Gasteiger charge is 2.21. The SMILES string of the molecule is CCc1ccc(-c2csc3nc(Cl)nc(N4CCOCC4)c23)cc1. The van der Waals surface area contributed by atoms with Gasteiger partial charge in [0.15, 0.2) is 0 Å². The molecule has 1 fully saturated rings. The first-order valence-electron chi connectivity index (χ1n) is 8.13. The Morgan fingerprint density at radius 3 is 2.62 bits per heavy atom. The van der Waals surface area contributed by atoms with Gasteiger partial charge in [-0.3, -0.25) is 0 Å². The van der Waals surface area contributed by atoms with Gasteiger partial charge in [0.1, 0.15) is 10.6 Å². The summed E-state index contributed by atoms with van der Waals surface area (Å²) in [6.07, 6.45) is 1.04. The highest BCUT2D eigenvalue weighted by atomic mass is 35.5. The molecule has 0 saturated carbocycles. The second-order valence-electron chi connectivity index (χ2n) is 5.80. The molecule has 0 atom stereocenters. The van der Waals surface area contributed by atoms with Crippen LogP contribution < -0.4 is 4.90 Å². The minimum atomic E-state index is 0.304. The van der Waals surface area contributed by atoms with E-state index in [1.54, 1.807) is 11.3 Å². The third kappa shape index (κ3) is 2.88. The Morgan fingerprint density at radius 1 is 1.17 bits per heavy atom. The molecular weight excluding hydrogens is 342 g/mol. The molecule has 0 amide bonds. The number of ether oxygens (including phenoxy) is 1. The number of hydrogen-bond acceptors (Lipinski definition) is 5. The van der Waals surface area contributed by atoms with Gasteiger partial charge >= 0.3 is 0 Å². The first-order valence-corrected chi connectivity index (χ1v) is 9.38. The highest BCUT2D eigenvalue weighted by Crippen LogP contribution is 2.39. The van der Waals surface area contributed by atoms with Crippen molar-refractivity contribution in [3.05, 3.63) is 40.5 Å². The van der Waals surface area contributed by atoms with E-state index in [1.165, 1.54) is 16.7 Å². The molecule has 0 bridgehead atoms. The molecule has 124 valence electrons. The van der Waals surface area contributed by atoms with Gasteiger partial charge in [-0.25, -0.2) is 4.98 Å². The van der Waals surface area contributed by atoms with Gasteiger partial charge in [-0.1, -0.05) is 31.2 Å². The van der Waals surface area contributed by atoms with Crippen molar-refractivity contribution in [3.63, 3.8) is 0 Å². The lowest BCUT2D eigenvalue weighted by Crippen LogP contribution is -2.37. The summed E-state index contributed by atoms with van der Waals surface area (Å²) >= 11 is 7.78. The number of morpholine rings is 1. The van der Waals surface area contributed by atoms with Crippen molar-refractivity contribution in [2.45, 2.75) is 13.3 Å². The van der Waals surface area contributed by atoms with Gasteiger partial charge in [0.25, 0.3) is 0 Å². The van der Waals surface area contributed by atoms with E-state index < -0.39 is 0 Å². The Hall–Kier alpha value is -1.69. The van der Waals surface area contributed by atoms with Crippen LogP contribution in [0.1, 0.15) is 12.5 Å². The predicted molar refractivity (Wildman–Crippen MR) is 100 cm³/mol. The summed E-state index contributed by atoms with van der Waals surface area (Å²) in [7, 11) is 0. The highest BCUT2D eigenvalue weighted by molar-refractivity contribution is 7.17. The summed E-state index contributed by atoms with van der Waals surface area (Å²) in [5.74, 6) is 0.920. The molecule has 2 aromatic heterocycles. The average molecular weight is 360 g/mol. The second kappa shape index (κ2) is 6.67. The molecule has 0 aliphatic carbocycles. The molecule has 3 heterocycles. The zero-order valence-corrected chi connectivity index (χ0v) is 15.0. The molecule has 0 spiro atoms. The zero-order valence-electron chi connectivity index (χ0n) is 13.5. The van der Waals surface area contributed by atoms with Gasteiger partial charge in [-0.05, 0) is 29.1 Å². The van der Waals surface area contributed by atoms with E-state index in [0.29, 0.717) is 18.5 Å². The van der Waals surface area contributed by atoms with Crippen LogP contribution in [0.3, 0.4) is 0 Å². The van der Waals surface area contributed by atoms with E-state index in [0.717, 1.165) is 35.5 Å². The first-order chi connectivity index (χ1) is 11.8. The van der Waals surface area contributed by atoms with Gasteiger partial charge in [0.2, 0.25) is 5.28 Å². The Kier molecular flexibility index (Phi) is 4.39. The smallest absolute Gasteiger partial charge is 0.225 e. The third-order valence-corrected chi connectivity index (χ3v) is 5.41. The van der Waals surface area contributed by atoms with Crippen LogP contribution in [0.15, 0.2) is 29.6 Å². The number of aromatic nitrogens is 2. The van der Waals surface area contributed by atoms with Crippen molar-refractivity contribution < 1.29 is 4.74 Å². The molecule has 0 unspecified atom stereocenters. The third-order valence-electron chi connectivity index (χ3n) is 4.37. The molecule has 1 saturated heterocycles. The van der Waals surface area contributed by atoms with Crippen molar-refractivity contribution in [1.29, 1.82) is 0 Å². The Bertz CT molecular complexity index is 857. The van der Waals surface area contributed by atoms with Crippen molar-refractivity contribution in [2.24, 2.45) is 0 Å². The Balaban J connectivity index is 1.86. The van der Waals surface area contributed by atoms with Crippen molar-refractivity contribution >= 4 is 39.0 Å². The first kappa shape index (κ1) is 15.8. The van der Waals surface area contributed by atoms with Crippen LogP contribution in [0.2, 0.25) is 5.28 Å². The number of aryl methyl sites for hydroxylation is 1. The van der Waals surface area contributed by atoms with Crippen LogP contribution >= 0.6 is 22.9 Å². The molecule has 0 N–H and O–H groups in total. The minimum Gasteiger partial charge on any atom is -0.378 e. The summed E-state index contributed by atoms with van der Waals surface area (Å²) < 4.78 is 5.47. The molecule has 1 aliphatic heterocycles. The molecule has 1 aliphatic rings. The lowest BCUT2D eigenvalue weighted by atomic mass is 10.0. The zero-order chi connectivity index (χ0) is 16.5. The molecular formula is C18H18ClN3OS. The normalized spacial score (nSPS) is 15.2. The van der Waals surface area contributed by atoms with Crippen LogP contribution in [-0.4, -0.2) is 36.3 Å². The van der Waals surface area contributed by atoms with Gasteiger partial charge in [0, 0.05) is 24.0 Å².